The van der Waals surface area contributed by atoms with E-state index in [1.54, 1.807) is 0 Å². The Labute approximate surface area is 178 Å². The highest BCUT2D eigenvalue weighted by atomic mass is 16.5. The van der Waals surface area contributed by atoms with Gasteiger partial charge in [0.2, 0.25) is 5.91 Å². The number of carbonyl (C=O) groups is 1. The highest BCUT2D eigenvalue weighted by Crippen LogP contribution is 2.25. The maximum absolute atomic E-state index is 12.3. The van der Waals surface area contributed by atoms with Gasteiger partial charge in [0, 0.05) is 26.1 Å². The van der Waals surface area contributed by atoms with Gasteiger partial charge in [-0.3, -0.25) is 4.79 Å². The lowest BCUT2D eigenvalue weighted by molar-refractivity contribution is -0.132. The molecule has 0 radical (unpaired) electrons. The maximum atomic E-state index is 12.3. The molecule has 1 aliphatic rings. The highest BCUT2D eigenvalue weighted by Gasteiger charge is 2.24. The van der Waals surface area contributed by atoms with E-state index in [4.69, 9.17) is 9.72 Å². The quantitative estimate of drug-likeness (QED) is 0.527. The number of hydrogen-bond acceptors (Lipinski definition) is 3. The number of nitrogens with zero attached hydrogens (tertiary/aromatic N) is 3. The Balaban J connectivity index is 1.44. The summed E-state index contributed by atoms with van der Waals surface area (Å²) in [5.74, 6) is 2.69. The molecule has 1 aliphatic heterocycles. The van der Waals surface area contributed by atoms with E-state index in [-0.39, 0.29) is 0 Å². The fourth-order valence-electron chi connectivity index (χ4n) is 4.21. The molecule has 5 nitrogen and oxygen atoms in total. The van der Waals surface area contributed by atoms with E-state index in [0.717, 1.165) is 67.9 Å². The number of ether oxygens (including phenoxy) is 1. The lowest BCUT2D eigenvalue weighted by Gasteiger charge is -2.32. The van der Waals surface area contributed by atoms with Crippen LogP contribution < -0.4 is 4.74 Å². The van der Waals surface area contributed by atoms with Crippen LogP contribution in [0.4, 0.5) is 0 Å². The van der Waals surface area contributed by atoms with E-state index in [0.29, 0.717) is 24.9 Å². The van der Waals surface area contributed by atoms with Gasteiger partial charge in [-0.1, -0.05) is 43.7 Å². The average molecular weight is 406 g/mol. The monoisotopic (exact) mass is 405 g/mol. The Morgan fingerprint density at radius 1 is 1.07 bits per heavy atom. The first-order valence-corrected chi connectivity index (χ1v) is 11.1. The van der Waals surface area contributed by atoms with Crippen molar-refractivity contribution in [2.24, 2.45) is 5.92 Å². The molecule has 0 N–H and O–H groups in total. The van der Waals surface area contributed by atoms with Crippen LogP contribution in [-0.2, 0) is 17.9 Å². The summed E-state index contributed by atoms with van der Waals surface area (Å²) < 4.78 is 8.32. The molecule has 0 saturated carbocycles. The largest absolute Gasteiger partial charge is 0.486 e. The van der Waals surface area contributed by atoms with Crippen LogP contribution in [0, 0.1) is 5.92 Å². The van der Waals surface area contributed by atoms with Crippen molar-refractivity contribution in [3.05, 3.63) is 60.4 Å². The van der Waals surface area contributed by atoms with E-state index >= 15 is 0 Å². The zero-order valence-corrected chi connectivity index (χ0v) is 17.8. The Hall–Kier alpha value is -2.82. The third-order valence-corrected chi connectivity index (χ3v) is 6.00. The fraction of sp³-hybridized carbons (Fsp3) is 0.440. The van der Waals surface area contributed by atoms with Crippen molar-refractivity contribution in [2.45, 2.75) is 52.2 Å². The first-order chi connectivity index (χ1) is 14.7. The van der Waals surface area contributed by atoms with Crippen LogP contribution in [0.25, 0.3) is 11.0 Å². The van der Waals surface area contributed by atoms with Crippen molar-refractivity contribution in [1.82, 2.24) is 14.5 Å². The van der Waals surface area contributed by atoms with Gasteiger partial charge in [0.1, 0.15) is 18.2 Å². The van der Waals surface area contributed by atoms with Crippen LogP contribution >= 0.6 is 0 Å². The summed E-state index contributed by atoms with van der Waals surface area (Å²) in [5, 5.41) is 0. The SMILES string of the molecule is CCCCC(=O)N1CCC(Cn2c(COc3ccccc3)nc3ccccc32)CC1. The molecule has 2 aromatic carbocycles. The Morgan fingerprint density at radius 2 is 1.80 bits per heavy atom. The number of benzene rings is 2. The summed E-state index contributed by atoms with van der Waals surface area (Å²) in [6.45, 7) is 5.25. The Morgan fingerprint density at radius 3 is 2.57 bits per heavy atom. The van der Waals surface area contributed by atoms with Gasteiger partial charge < -0.3 is 14.2 Å². The minimum atomic E-state index is 0.320. The van der Waals surface area contributed by atoms with Crippen LogP contribution in [0.5, 0.6) is 5.75 Å². The molecule has 0 unspecified atom stereocenters. The lowest BCUT2D eigenvalue weighted by Crippen LogP contribution is -2.39. The van der Waals surface area contributed by atoms with Crippen LogP contribution in [0.2, 0.25) is 0 Å². The molecule has 30 heavy (non-hydrogen) atoms. The van der Waals surface area contributed by atoms with Gasteiger partial charge in [0.25, 0.3) is 0 Å². The molecule has 1 saturated heterocycles. The summed E-state index contributed by atoms with van der Waals surface area (Å²) >= 11 is 0. The van der Waals surface area contributed by atoms with Crippen molar-refractivity contribution in [2.75, 3.05) is 13.1 Å². The molecule has 0 spiro atoms. The van der Waals surface area contributed by atoms with Gasteiger partial charge in [0.05, 0.1) is 11.0 Å². The summed E-state index contributed by atoms with van der Waals surface area (Å²) in [7, 11) is 0. The molecule has 158 valence electrons. The summed E-state index contributed by atoms with van der Waals surface area (Å²) in [4.78, 5) is 19.2. The second-order valence-corrected chi connectivity index (χ2v) is 8.16. The molecule has 0 aliphatic carbocycles. The van der Waals surface area contributed by atoms with Crippen molar-refractivity contribution >= 4 is 16.9 Å². The highest BCUT2D eigenvalue weighted by molar-refractivity contribution is 5.76. The molecule has 1 amide bonds. The van der Waals surface area contributed by atoms with Gasteiger partial charge in [-0.25, -0.2) is 4.98 Å². The third-order valence-electron chi connectivity index (χ3n) is 6.00. The molecule has 4 rings (SSSR count). The number of carbonyl (C=O) groups excluding carboxylic acids is 1. The van der Waals surface area contributed by atoms with E-state index in [1.807, 2.05) is 36.4 Å². The molecule has 3 aromatic rings. The Kier molecular flexibility index (Phi) is 6.67. The van der Waals surface area contributed by atoms with E-state index in [1.165, 1.54) is 0 Å². The van der Waals surface area contributed by atoms with Crippen molar-refractivity contribution in [1.29, 1.82) is 0 Å². The smallest absolute Gasteiger partial charge is 0.222 e. The van der Waals surface area contributed by atoms with Gasteiger partial charge in [-0.15, -0.1) is 0 Å². The number of likely N-dealkylation sites (tertiary alicyclic amines) is 1. The predicted octanol–water partition coefficient (Wildman–Crippen LogP) is 5.04. The minimum absolute atomic E-state index is 0.320. The van der Waals surface area contributed by atoms with E-state index < -0.39 is 0 Å². The molecule has 0 atom stereocenters. The van der Waals surface area contributed by atoms with E-state index in [2.05, 4.69) is 34.6 Å². The number of aromatic nitrogens is 2. The van der Waals surface area contributed by atoms with Crippen molar-refractivity contribution < 1.29 is 9.53 Å². The van der Waals surface area contributed by atoms with Crippen LogP contribution in [0.15, 0.2) is 54.6 Å². The Bertz CT molecular complexity index is 959. The minimum Gasteiger partial charge on any atom is -0.486 e. The molecule has 1 aromatic heterocycles. The molecule has 2 heterocycles. The van der Waals surface area contributed by atoms with Crippen molar-refractivity contribution in [3.63, 3.8) is 0 Å². The molecule has 1 fully saturated rings. The summed E-state index contributed by atoms with van der Waals surface area (Å²) in [5.41, 5.74) is 2.17. The second-order valence-electron chi connectivity index (χ2n) is 8.16. The topological polar surface area (TPSA) is 47.4 Å². The third kappa shape index (κ3) is 4.84. The molecular formula is C25H31N3O2. The second kappa shape index (κ2) is 9.79. The number of imidazole rings is 1. The number of fused-ring (bicyclic) bond motifs is 1. The average Bonchev–Trinajstić information content (AvgIpc) is 3.14. The fourth-order valence-corrected chi connectivity index (χ4v) is 4.21. The van der Waals surface area contributed by atoms with Crippen LogP contribution in [-0.4, -0.2) is 33.4 Å². The van der Waals surface area contributed by atoms with Gasteiger partial charge in [0.15, 0.2) is 0 Å². The number of rotatable bonds is 8. The predicted molar refractivity (Wildman–Crippen MR) is 119 cm³/mol. The normalized spacial score (nSPS) is 14.9. The lowest BCUT2D eigenvalue weighted by atomic mass is 9.96. The maximum Gasteiger partial charge on any atom is 0.222 e. The number of unbranched alkanes of at least 4 members (excludes halogenated alkanes) is 1. The van der Waals surface area contributed by atoms with Gasteiger partial charge >= 0.3 is 0 Å². The van der Waals surface area contributed by atoms with Gasteiger partial charge in [-0.05, 0) is 49.4 Å². The molecular weight excluding hydrogens is 374 g/mol. The molecule has 5 heteroatoms. The van der Waals surface area contributed by atoms with E-state index in [9.17, 15) is 4.79 Å². The first kappa shape index (κ1) is 20.5. The summed E-state index contributed by atoms with van der Waals surface area (Å²) in [6, 6.07) is 18.2. The van der Waals surface area contributed by atoms with Crippen molar-refractivity contribution in [3.8, 4) is 5.75 Å². The number of piperidine rings is 1. The molecule has 0 bridgehead atoms. The summed E-state index contributed by atoms with van der Waals surface area (Å²) in [6.07, 6.45) is 4.84. The van der Waals surface area contributed by atoms with Crippen LogP contribution in [0.1, 0.15) is 44.9 Å². The number of para-hydroxylation sites is 3. The number of amides is 1. The van der Waals surface area contributed by atoms with Crippen LogP contribution in [0.3, 0.4) is 0 Å². The number of hydrogen-bond donors (Lipinski definition) is 0. The van der Waals surface area contributed by atoms with Gasteiger partial charge in [-0.2, -0.15) is 0 Å². The standard InChI is InChI=1S/C25H31N3O2/c1-2-3-13-25(29)27-16-14-20(15-17-27)18-28-23-12-8-7-11-22(23)26-24(28)19-30-21-9-5-4-6-10-21/h4-12,20H,2-3,13-19H2,1H3. The zero-order chi connectivity index (χ0) is 20.8. The first-order valence-electron chi connectivity index (χ1n) is 11.1. The zero-order valence-electron chi connectivity index (χ0n) is 17.8.